The molecule has 0 saturated heterocycles. The van der Waals surface area contributed by atoms with Crippen molar-refractivity contribution < 1.29 is 4.74 Å². The van der Waals surface area contributed by atoms with Gasteiger partial charge in [-0.1, -0.05) is 97.1 Å². The van der Waals surface area contributed by atoms with Crippen LogP contribution < -0.4 is 4.74 Å². The summed E-state index contributed by atoms with van der Waals surface area (Å²) >= 11 is 0. The minimum Gasteiger partial charge on any atom is -0.483 e. The van der Waals surface area contributed by atoms with Gasteiger partial charge in [0.15, 0.2) is 0 Å². The molecule has 0 aliphatic carbocycles. The van der Waals surface area contributed by atoms with Crippen molar-refractivity contribution in [3.63, 3.8) is 0 Å². The summed E-state index contributed by atoms with van der Waals surface area (Å²) < 4.78 is 6.82. The highest BCUT2D eigenvalue weighted by molar-refractivity contribution is 5.84. The van der Waals surface area contributed by atoms with Gasteiger partial charge in [0.05, 0.1) is 5.69 Å². The van der Waals surface area contributed by atoms with Crippen molar-refractivity contribution >= 4 is 10.9 Å². The van der Waals surface area contributed by atoms with Gasteiger partial charge >= 0.3 is 0 Å². The molecule has 3 atom stereocenters. The highest BCUT2D eigenvalue weighted by atomic mass is 16.5. The first-order valence-electron chi connectivity index (χ1n) is 11.2. The number of nitrogens with one attached hydrogen (secondary N) is 1. The molecule has 1 aliphatic heterocycles. The minimum absolute atomic E-state index is 0.120. The third-order valence-corrected chi connectivity index (χ3v) is 6.83. The summed E-state index contributed by atoms with van der Waals surface area (Å²) in [4.78, 5) is 3.71. The van der Waals surface area contributed by atoms with Crippen LogP contribution in [0, 0.1) is 6.92 Å². The van der Waals surface area contributed by atoms with Gasteiger partial charge in [-0.2, -0.15) is 0 Å². The van der Waals surface area contributed by atoms with Crippen LogP contribution in [0.4, 0.5) is 0 Å². The van der Waals surface area contributed by atoms with Gasteiger partial charge in [0.1, 0.15) is 11.9 Å². The normalized spacial score (nSPS) is 20.0. The number of ether oxygens (including phenoxy) is 1. The molecule has 0 spiro atoms. The van der Waals surface area contributed by atoms with Crippen molar-refractivity contribution in [1.29, 1.82) is 0 Å². The molecule has 156 valence electrons. The lowest BCUT2D eigenvalue weighted by Crippen LogP contribution is -2.29. The Labute approximate surface area is 188 Å². The predicted octanol–water partition coefficient (Wildman–Crippen LogP) is 7.53. The van der Waals surface area contributed by atoms with E-state index in [0.29, 0.717) is 0 Å². The zero-order valence-corrected chi connectivity index (χ0v) is 18.0. The van der Waals surface area contributed by atoms with E-state index in [4.69, 9.17) is 4.74 Å². The summed E-state index contributed by atoms with van der Waals surface area (Å²) in [5, 5.41) is 1.26. The second-order valence-electron chi connectivity index (χ2n) is 8.61. The minimum atomic E-state index is -0.120. The molecule has 32 heavy (non-hydrogen) atoms. The quantitative estimate of drug-likeness (QED) is 0.324. The van der Waals surface area contributed by atoms with Crippen LogP contribution in [0.3, 0.4) is 0 Å². The largest absolute Gasteiger partial charge is 0.483 e. The maximum atomic E-state index is 6.82. The number of rotatable bonds is 3. The summed E-state index contributed by atoms with van der Waals surface area (Å²) in [6.07, 6.45) is -0.120. The molecule has 5 aromatic rings. The van der Waals surface area contributed by atoms with E-state index < -0.39 is 0 Å². The summed E-state index contributed by atoms with van der Waals surface area (Å²) in [7, 11) is 0. The molecule has 1 aromatic heterocycles. The molecule has 2 heteroatoms. The van der Waals surface area contributed by atoms with Crippen LogP contribution in [-0.2, 0) is 0 Å². The maximum Gasteiger partial charge on any atom is 0.146 e. The molecule has 4 aromatic carbocycles. The Morgan fingerprint density at radius 2 is 1.28 bits per heavy atom. The number of fused-ring (bicyclic) bond motifs is 2. The highest BCUT2D eigenvalue weighted by Gasteiger charge is 2.42. The van der Waals surface area contributed by atoms with E-state index in [2.05, 4.69) is 121 Å². The SMILES string of the molecule is Cc1c([C@@H]2Oc3ccccc3[C@@H](c3ccccc3)[C@H]2c2ccccc2)[nH]c2ccccc12. The fraction of sp³-hybridized carbons (Fsp3) is 0.133. The Morgan fingerprint density at radius 1 is 0.656 bits per heavy atom. The van der Waals surface area contributed by atoms with Crippen LogP contribution in [0.2, 0.25) is 0 Å². The summed E-state index contributed by atoms with van der Waals surface area (Å²) in [6.45, 7) is 2.21. The molecule has 0 bridgehead atoms. The molecule has 0 radical (unpaired) electrons. The predicted molar refractivity (Wildman–Crippen MR) is 130 cm³/mol. The van der Waals surface area contributed by atoms with Crippen LogP contribution in [0.1, 0.15) is 45.9 Å². The maximum absolute atomic E-state index is 6.82. The van der Waals surface area contributed by atoms with Crippen LogP contribution in [0.25, 0.3) is 10.9 Å². The van der Waals surface area contributed by atoms with E-state index in [1.165, 1.54) is 27.6 Å². The number of para-hydroxylation sites is 2. The van der Waals surface area contributed by atoms with E-state index in [-0.39, 0.29) is 17.9 Å². The van der Waals surface area contributed by atoms with Gasteiger partial charge in [-0.05, 0) is 35.7 Å². The van der Waals surface area contributed by atoms with Crippen molar-refractivity contribution in [3.8, 4) is 5.75 Å². The van der Waals surface area contributed by atoms with Crippen molar-refractivity contribution in [1.82, 2.24) is 4.98 Å². The molecule has 0 amide bonds. The standard InChI is InChI=1S/C30H25NO/c1-20-23-16-8-10-18-25(23)31-29(20)30-28(22-14-6-3-7-15-22)27(21-12-4-2-5-13-21)24-17-9-11-19-26(24)32-30/h2-19,27-28,30-31H,1H3/t27-,28-,30-/m1/s1. The van der Waals surface area contributed by atoms with E-state index in [0.717, 1.165) is 17.0 Å². The zero-order valence-electron chi connectivity index (χ0n) is 18.0. The van der Waals surface area contributed by atoms with Crippen molar-refractivity contribution in [2.45, 2.75) is 24.9 Å². The van der Waals surface area contributed by atoms with Gasteiger partial charge in [-0.15, -0.1) is 0 Å². The Morgan fingerprint density at radius 3 is 2.03 bits per heavy atom. The number of aromatic amines is 1. The molecule has 2 heterocycles. The fourth-order valence-corrected chi connectivity index (χ4v) is 5.34. The smallest absolute Gasteiger partial charge is 0.146 e. The van der Waals surface area contributed by atoms with Gasteiger partial charge in [0.2, 0.25) is 0 Å². The molecule has 0 saturated carbocycles. The molecule has 6 rings (SSSR count). The summed E-state index contributed by atoms with van der Waals surface area (Å²) in [5.74, 6) is 1.30. The highest BCUT2D eigenvalue weighted by Crippen LogP contribution is 2.54. The number of benzene rings is 4. The van der Waals surface area contributed by atoms with Crippen molar-refractivity contribution in [2.24, 2.45) is 0 Å². The van der Waals surface area contributed by atoms with E-state index in [1.807, 2.05) is 0 Å². The third kappa shape index (κ3) is 3.03. The number of aryl methyl sites for hydroxylation is 1. The molecule has 1 aliphatic rings. The second kappa shape index (κ2) is 7.72. The zero-order chi connectivity index (χ0) is 21.5. The van der Waals surface area contributed by atoms with Gasteiger partial charge < -0.3 is 9.72 Å². The topological polar surface area (TPSA) is 25.0 Å². The lowest BCUT2D eigenvalue weighted by molar-refractivity contribution is 0.137. The Bertz CT molecular complexity index is 1370. The molecule has 1 N–H and O–H groups in total. The van der Waals surface area contributed by atoms with E-state index >= 15 is 0 Å². The first kappa shape index (κ1) is 18.9. The van der Waals surface area contributed by atoms with Crippen molar-refractivity contribution in [3.05, 3.63) is 137 Å². The van der Waals surface area contributed by atoms with Gasteiger partial charge in [-0.3, -0.25) is 0 Å². The average molecular weight is 416 g/mol. The lowest BCUT2D eigenvalue weighted by atomic mass is 9.71. The Balaban J connectivity index is 1.62. The van der Waals surface area contributed by atoms with Gasteiger partial charge in [-0.25, -0.2) is 0 Å². The molecule has 2 nitrogen and oxygen atoms in total. The van der Waals surface area contributed by atoms with Gasteiger partial charge in [0.25, 0.3) is 0 Å². The van der Waals surface area contributed by atoms with Gasteiger partial charge in [0, 0.05) is 28.3 Å². The van der Waals surface area contributed by atoms with Crippen LogP contribution in [0.15, 0.2) is 109 Å². The molecule has 0 unspecified atom stereocenters. The van der Waals surface area contributed by atoms with E-state index in [1.54, 1.807) is 0 Å². The molecular weight excluding hydrogens is 390 g/mol. The van der Waals surface area contributed by atoms with E-state index in [9.17, 15) is 0 Å². The summed E-state index contributed by atoms with van der Waals surface area (Å²) in [6, 6.07) is 38.7. The Kier molecular flexibility index (Phi) is 4.57. The number of aromatic nitrogens is 1. The number of hydrogen-bond acceptors (Lipinski definition) is 1. The Hall–Kier alpha value is -3.78. The molecular formula is C30H25NO. The van der Waals surface area contributed by atoms with Crippen LogP contribution in [-0.4, -0.2) is 4.98 Å². The number of hydrogen-bond donors (Lipinski definition) is 1. The average Bonchev–Trinajstić information content (AvgIpc) is 3.20. The van der Waals surface area contributed by atoms with Crippen molar-refractivity contribution in [2.75, 3.05) is 0 Å². The summed E-state index contributed by atoms with van der Waals surface area (Å²) in [5.41, 5.74) is 7.44. The second-order valence-corrected chi connectivity index (χ2v) is 8.61. The first-order valence-corrected chi connectivity index (χ1v) is 11.2. The first-order chi connectivity index (χ1) is 15.8. The third-order valence-electron chi connectivity index (χ3n) is 6.83. The number of H-pyrrole nitrogens is 1. The monoisotopic (exact) mass is 415 g/mol. The fourth-order valence-electron chi connectivity index (χ4n) is 5.34. The van der Waals surface area contributed by atoms with Crippen LogP contribution >= 0.6 is 0 Å². The lowest BCUT2D eigenvalue weighted by Gasteiger charge is -2.40. The molecule has 0 fully saturated rings. The van der Waals surface area contributed by atoms with Crippen LogP contribution in [0.5, 0.6) is 5.75 Å².